The number of benzene rings is 1. The number of nitrogens with two attached hydrogens (primary N) is 1. The molecular weight excluding hydrogens is 484 g/mol. The Morgan fingerprint density at radius 1 is 1.21 bits per heavy atom. The normalized spacial score (nSPS) is 21.2. The first-order valence-corrected chi connectivity index (χ1v) is 13.5. The highest BCUT2D eigenvalue weighted by molar-refractivity contribution is 6.22. The van der Waals surface area contributed by atoms with Crippen molar-refractivity contribution in [1.82, 2.24) is 14.8 Å². The standard InChI is InChI=1S/C28H34N6O4/c1-36-25-22(38-14-9-19-17-33(13-15-37-19)16-18-4-2-5-18)8-7-21-23(25)32-28(34-12-11-31-27(21)34)24-20(26(29)35)6-3-10-30-24/h3,6-8,10,18-19H,2,4-5,9,11-17H2,1H3,(H2,29,35). The maximum atomic E-state index is 12.1. The molecule has 2 aromatic rings. The van der Waals surface area contributed by atoms with Crippen LogP contribution in [0.4, 0.5) is 5.69 Å². The number of amidine groups is 2. The van der Waals surface area contributed by atoms with Crippen molar-refractivity contribution >= 4 is 23.3 Å². The Morgan fingerprint density at radius 2 is 2.11 bits per heavy atom. The molecule has 10 nitrogen and oxygen atoms in total. The average Bonchev–Trinajstić information content (AvgIpc) is 3.41. The van der Waals surface area contributed by atoms with Crippen LogP contribution in [0.5, 0.6) is 11.5 Å². The van der Waals surface area contributed by atoms with Crippen molar-refractivity contribution < 1.29 is 19.0 Å². The molecule has 1 aromatic carbocycles. The second kappa shape index (κ2) is 10.7. The molecule has 1 saturated carbocycles. The molecule has 0 radical (unpaired) electrons. The summed E-state index contributed by atoms with van der Waals surface area (Å²) in [5.74, 6) is 2.75. The molecule has 2 fully saturated rings. The zero-order valence-corrected chi connectivity index (χ0v) is 21.8. The van der Waals surface area contributed by atoms with E-state index in [9.17, 15) is 4.79 Å². The smallest absolute Gasteiger partial charge is 0.251 e. The minimum absolute atomic E-state index is 0.162. The first-order chi connectivity index (χ1) is 18.6. The van der Waals surface area contributed by atoms with Gasteiger partial charge in [-0.3, -0.25) is 19.7 Å². The fourth-order valence-corrected chi connectivity index (χ4v) is 5.63. The van der Waals surface area contributed by atoms with E-state index in [4.69, 9.17) is 29.9 Å². The number of hydrogen-bond acceptors (Lipinski definition) is 9. The van der Waals surface area contributed by atoms with E-state index in [-0.39, 0.29) is 6.10 Å². The van der Waals surface area contributed by atoms with Gasteiger partial charge in [0.25, 0.3) is 5.91 Å². The largest absolute Gasteiger partial charge is 0.491 e. The van der Waals surface area contributed by atoms with Crippen LogP contribution in [-0.2, 0) is 4.74 Å². The van der Waals surface area contributed by atoms with E-state index in [1.165, 1.54) is 25.8 Å². The van der Waals surface area contributed by atoms with Gasteiger partial charge in [-0.15, -0.1) is 0 Å². The van der Waals surface area contributed by atoms with Crippen molar-refractivity contribution in [3.8, 4) is 11.5 Å². The molecule has 200 valence electrons. The summed E-state index contributed by atoms with van der Waals surface area (Å²) in [4.78, 5) is 30.8. The monoisotopic (exact) mass is 518 g/mol. The zero-order chi connectivity index (χ0) is 26.1. The van der Waals surface area contributed by atoms with Gasteiger partial charge in [0.1, 0.15) is 17.2 Å². The Hall–Kier alpha value is -3.50. The maximum absolute atomic E-state index is 12.1. The van der Waals surface area contributed by atoms with Crippen LogP contribution in [-0.4, -0.2) is 91.5 Å². The number of amides is 1. The van der Waals surface area contributed by atoms with Gasteiger partial charge in [-0.25, -0.2) is 4.99 Å². The topological polar surface area (TPSA) is 115 Å². The van der Waals surface area contributed by atoms with Crippen LogP contribution in [0.3, 0.4) is 0 Å². The van der Waals surface area contributed by atoms with Gasteiger partial charge in [-0.05, 0) is 43.0 Å². The number of aromatic nitrogens is 1. The Balaban J connectivity index is 1.22. The molecule has 1 amide bonds. The summed E-state index contributed by atoms with van der Waals surface area (Å²) in [5.41, 5.74) is 7.85. The molecule has 1 saturated heterocycles. The molecule has 1 aromatic heterocycles. The van der Waals surface area contributed by atoms with Crippen molar-refractivity contribution in [2.75, 3.05) is 53.0 Å². The molecule has 0 spiro atoms. The summed E-state index contributed by atoms with van der Waals surface area (Å²) in [5, 5.41) is 0. The number of morpholine rings is 1. The van der Waals surface area contributed by atoms with Gasteiger partial charge in [0.05, 0.1) is 38.5 Å². The van der Waals surface area contributed by atoms with Crippen LogP contribution >= 0.6 is 0 Å². The van der Waals surface area contributed by atoms with Gasteiger partial charge in [0.2, 0.25) is 0 Å². The van der Waals surface area contributed by atoms with Gasteiger partial charge in [-0.1, -0.05) is 6.42 Å². The Labute approximate surface area is 222 Å². The summed E-state index contributed by atoms with van der Waals surface area (Å²) in [6, 6.07) is 7.23. The first-order valence-electron chi connectivity index (χ1n) is 13.5. The number of aliphatic imine (C=N–C) groups is 2. The van der Waals surface area contributed by atoms with E-state index < -0.39 is 5.91 Å². The van der Waals surface area contributed by atoms with E-state index in [0.29, 0.717) is 54.0 Å². The summed E-state index contributed by atoms with van der Waals surface area (Å²) in [6.45, 7) is 5.70. The highest BCUT2D eigenvalue weighted by Crippen LogP contribution is 2.44. The lowest BCUT2D eigenvalue weighted by atomic mass is 9.85. The van der Waals surface area contributed by atoms with Gasteiger partial charge in [-0.2, -0.15) is 0 Å². The number of pyridine rings is 1. The van der Waals surface area contributed by atoms with Crippen LogP contribution in [0.1, 0.15) is 47.3 Å². The maximum Gasteiger partial charge on any atom is 0.251 e. The lowest BCUT2D eigenvalue weighted by Crippen LogP contribution is -2.45. The third-order valence-corrected chi connectivity index (χ3v) is 7.80. The van der Waals surface area contributed by atoms with Crippen molar-refractivity contribution in [2.24, 2.45) is 21.6 Å². The van der Waals surface area contributed by atoms with Crippen LogP contribution in [0.25, 0.3) is 0 Å². The molecule has 0 bridgehead atoms. The van der Waals surface area contributed by atoms with Crippen molar-refractivity contribution in [2.45, 2.75) is 31.8 Å². The molecule has 10 heteroatoms. The minimum Gasteiger partial charge on any atom is -0.491 e. The van der Waals surface area contributed by atoms with E-state index in [0.717, 1.165) is 43.4 Å². The Bertz CT molecular complexity index is 1270. The number of fused-ring (bicyclic) bond motifs is 3. The lowest BCUT2D eigenvalue weighted by Gasteiger charge is -2.37. The number of primary amides is 1. The number of nitrogens with zero attached hydrogens (tertiary/aromatic N) is 5. The predicted octanol–water partition coefficient (Wildman–Crippen LogP) is 2.61. The first kappa shape index (κ1) is 24.8. The second-order valence-electron chi connectivity index (χ2n) is 10.2. The number of rotatable bonds is 9. The molecule has 6 rings (SSSR count). The summed E-state index contributed by atoms with van der Waals surface area (Å²) < 4.78 is 18.1. The second-order valence-corrected chi connectivity index (χ2v) is 10.2. The number of ether oxygens (including phenoxy) is 3. The van der Waals surface area contributed by atoms with Crippen LogP contribution in [0.15, 0.2) is 40.4 Å². The summed E-state index contributed by atoms with van der Waals surface area (Å²) >= 11 is 0. The van der Waals surface area contributed by atoms with Crippen molar-refractivity contribution in [3.05, 3.63) is 47.3 Å². The molecule has 4 aliphatic rings. The van der Waals surface area contributed by atoms with Crippen LogP contribution < -0.4 is 15.2 Å². The molecule has 2 N–H and O–H groups in total. The zero-order valence-electron chi connectivity index (χ0n) is 21.8. The molecule has 1 unspecified atom stereocenters. The molecular formula is C28H34N6O4. The Kier molecular flexibility index (Phi) is 6.99. The fraction of sp³-hybridized carbons (Fsp3) is 0.500. The highest BCUT2D eigenvalue weighted by atomic mass is 16.5. The van der Waals surface area contributed by atoms with E-state index >= 15 is 0 Å². The predicted molar refractivity (Wildman–Crippen MR) is 144 cm³/mol. The number of methoxy groups -OCH3 is 1. The minimum atomic E-state index is -0.556. The summed E-state index contributed by atoms with van der Waals surface area (Å²) in [7, 11) is 1.61. The Morgan fingerprint density at radius 3 is 2.89 bits per heavy atom. The van der Waals surface area contributed by atoms with Gasteiger partial charge in [0, 0.05) is 44.4 Å². The quantitative estimate of drug-likeness (QED) is 0.543. The summed E-state index contributed by atoms with van der Waals surface area (Å²) in [6.07, 6.45) is 6.69. The van der Waals surface area contributed by atoms with Gasteiger partial charge >= 0.3 is 0 Å². The average molecular weight is 519 g/mol. The SMILES string of the molecule is COc1c(OCCC2CN(CC3CCC3)CCO2)ccc2c1N=C(c1ncccc1C(N)=O)N1CCN=C21. The van der Waals surface area contributed by atoms with Gasteiger partial charge in [0.15, 0.2) is 17.3 Å². The molecule has 1 atom stereocenters. The number of carbonyl (C=O) groups is 1. The van der Waals surface area contributed by atoms with Crippen molar-refractivity contribution in [1.29, 1.82) is 0 Å². The number of carbonyl (C=O) groups excluding carboxylic acids is 1. The van der Waals surface area contributed by atoms with E-state index in [2.05, 4.69) is 9.88 Å². The molecule has 3 aliphatic heterocycles. The fourth-order valence-electron chi connectivity index (χ4n) is 5.63. The number of hydrogen-bond donors (Lipinski definition) is 1. The van der Waals surface area contributed by atoms with Crippen LogP contribution in [0.2, 0.25) is 0 Å². The van der Waals surface area contributed by atoms with Gasteiger partial charge < -0.3 is 24.8 Å². The van der Waals surface area contributed by atoms with Crippen LogP contribution in [0, 0.1) is 5.92 Å². The lowest BCUT2D eigenvalue weighted by molar-refractivity contribution is -0.0440. The molecule has 1 aliphatic carbocycles. The molecule has 38 heavy (non-hydrogen) atoms. The third kappa shape index (κ3) is 4.74. The van der Waals surface area contributed by atoms with E-state index in [1.54, 1.807) is 25.4 Å². The van der Waals surface area contributed by atoms with E-state index in [1.807, 2.05) is 17.0 Å². The highest BCUT2D eigenvalue weighted by Gasteiger charge is 2.35. The third-order valence-electron chi connectivity index (χ3n) is 7.80. The molecule has 4 heterocycles. The van der Waals surface area contributed by atoms with Crippen molar-refractivity contribution in [3.63, 3.8) is 0 Å².